The van der Waals surface area contributed by atoms with E-state index in [-0.39, 0.29) is 5.91 Å². The van der Waals surface area contributed by atoms with Gasteiger partial charge < -0.3 is 10.6 Å². The molecule has 0 saturated carbocycles. The fraction of sp³-hybridized carbons (Fsp3) is 0.269. The Morgan fingerprint density at radius 2 is 1.74 bits per heavy atom. The zero-order chi connectivity index (χ0) is 24.0. The molecule has 176 valence electrons. The quantitative estimate of drug-likeness (QED) is 0.441. The van der Waals surface area contributed by atoms with Gasteiger partial charge in [0.05, 0.1) is 17.4 Å². The number of alkyl halides is 3. The monoisotopic (exact) mass is 466 g/mol. The van der Waals surface area contributed by atoms with Crippen LogP contribution in [0.3, 0.4) is 0 Å². The van der Waals surface area contributed by atoms with Gasteiger partial charge in [0, 0.05) is 30.4 Å². The predicted octanol–water partition coefficient (Wildman–Crippen LogP) is 6.12. The van der Waals surface area contributed by atoms with E-state index in [4.69, 9.17) is 0 Å². The highest BCUT2D eigenvalue weighted by molar-refractivity contribution is 6.09. The van der Waals surface area contributed by atoms with Gasteiger partial charge in [-0.1, -0.05) is 18.2 Å². The molecule has 0 fully saturated rings. The molecular weight excluding hydrogens is 441 g/mol. The lowest BCUT2D eigenvalue weighted by molar-refractivity contribution is -0.137. The van der Waals surface area contributed by atoms with Gasteiger partial charge in [-0.2, -0.15) is 13.2 Å². The molecule has 34 heavy (non-hydrogen) atoms. The van der Waals surface area contributed by atoms with Crippen molar-refractivity contribution >= 4 is 23.0 Å². The maximum atomic E-state index is 13.0. The van der Waals surface area contributed by atoms with E-state index in [1.54, 1.807) is 24.5 Å². The Bertz CT molecular complexity index is 1140. The molecule has 2 heterocycles. The predicted molar refractivity (Wildman–Crippen MR) is 126 cm³/mol. The highest BCUT2D eigenvalue weighted by atomic mass is 19.4. The highest BCUT2D eigenvalue weighted by Crippen LogP contribution is 2.35. The molecule has 2 N–H and O–H groups in total. The molecule has 5 nitrogen and oxygen atoms in total. The van der Waals surface area contributed by atoms with Gasteiger partial charge in [0.1, 0.15) is 5.82 Å². The number of pyridine rings is 2. The number of halogens is 3. The standard InChI is InChI=1S/C26H25F3N4O/c27-26(28,29)19-10-8-18(9-11-19)22-6-1-2-7-23(22)25(34)33-21-12-13-24(32-17-21)31-16-14-20-5-3-4-15-30-20/h3-5,8-13,15,17H,1-2,6-7,14,16H2,(H,31,32)(H,33,34). The summed E-state index contributed by atoms with van der Waals surface area (Å²) in [5, 5.41) is 6.11. The van der Waals surface area contributed by atoms with Crippen molar-refractivity contribution in [2.24, 2.45) is 0 Å². The number of benzene rings is 1. The number of nitrogens with zero attached hydrogens (tertiary/aromatic N) is 2. The van der Waals surface area contributed by atoms with Crippen molar-refractivity contribution in [3.8, 4) is 0 Å². The van der Waals surface area contributed by atoms with Crippen LogP contribution in [0.4, 0.5) is 24.7 Å². The molecule has 1 aliphatic carbocycles. The highest BCUT2D eigenvalue weighted by Gasteiger charge is 2.30. The Morgan fingerprint density at radius 1 is 0.941 bits per heavy atom. The number of anilines is 2. The third-order valence-electron chi connectivity index (χ3n) is 5.74. The van der Waals surface area contributed by atoms with E-state index in [9.17, 15) is 18.0 Å². The van der Waals surface area contributed by atoms with E-state index in [0.717, 1.165) is 42.7 Å². The second-order valence-corrected chi connectivity index (χ2v) is 8.12. The molecule has 0 spiro atoms. The van der Waals surface area contributed by atoms with E-state index in [1.165, 1.54) is 12.1 Å². The molecule has 1 aromatic carbocycles. The number of carbonyl (C=O) groups excluding carboxylic acids is 1. The second kappa shape index (κ2) is 10.5. The molecule has 0 saturated heterocycles. The van der Waals surface area contributed by atoms with Crippen LogP contribution in [0.2, 0.25) is 0 Å². The third-order valence-corrected chi connectivity index (χ3v) is 5.74. The fourth-order valence-corrected chi connectivity index (χ4v) is 3.98. The number of rotatable bonds is 7. The van der Waals surface area contributed by atoms with Crippen molar-refractivity contribution in [2.45, 2.75) is 38.3 Å². The average molecular weight is 467 g/mol. The van der Waals surface area contributed by atoms with Gasteiger partial charge >= 0.3 is 6.18 Å². The summed E-state index contributed by atoms with van der Waals surface area (Å²) in [5.41, 5.74) is 2.93. The molecule has 3 aromatic rings. The first-order valence-electron chi connectivity index (χ1n) is 11.2. The summed E-state index contributed by atoms with van der Waals surface area (Å²) in [5.74, 6) is 0.448. The van der Waals surface area contributed by atoms with E-state index in [0.29, 0.717) is 42.0 Å². The summed E-state index contributed by atoms with van der Waals surface area (Å²) < 4.78 is 38.7. The lowest BCUT2D eigenvalue weighted by atomic mass is 9.86. The molecule has 2 aromatic heterocycles. The summed E-state index contributed by atoms with van der Waals surface area (Å²) >= 11 is 0. The first-order chi connectivity index (χ1) is 16.4. The molecule has 1 aliphatic rings. The Balaban J connectivity index is 1.40. The Labute approximate surface area is 196 Å². The van der Waals surface area contributed by atoms with Crippen molar-refractivity contribution in [1.29, 1.82) is 0 Å². The molecule has 8 heteroatoms. The molecule has 0 aliphatic heterocycles. The first kappa shape index (κ1) is 23.5. The van der Waals surface area contributed by atoms with Crippen LogP contribution in [0.25, 0.3) is 5.57 Å². The summed E-state index contributed by atoms with van der Waals surface area (Å²) in [7, 11) is 0. The first-order valence-corrected chi connectivity index (χ1v) is 11.2. The smallest absolute Gasteiger partial charge is 0.370 e. The minimum Gasteiger partial charge on any atom is -0.370 e. The molecule has 0 bridgehead atoms. The topological polar surface area (TPSA) is 66.9 Å². The van der Waals surface area contributed by atoms with Crippen LogP contribution in [-0.2, 0) is 17.4 Å². The molecule has 0 unspecified atom stereocenters. The van der Waals surface area contributed by atoms with Crippen LogP contribution in [-0.4, -0.2) is 22.4 Å². The number of hydrogen-bond acceptors (Lipinski definition) is 4. The summed E-state index contributed by atoms with van der Waals surface area (Å²) in [6, 6.07) is 14.4. The van der Waals surface area contributed by atoms with Crippen LogP contribution in [0.1, 0.15) is 42.5 Å². The third kappa shape index (κ3) is 6.01. The van der Waals surface area contributed by atoms with Crippen LogP contribution in [0.15, 0.2) is 72.6 Å². The van der Waals surface area contributed by atoms with E-state index in [1.807, 2.05) is 18.2 Å². The lowest BCUT2D eigenvalue weighted by Crippen LogP contribution is -2.18. The van der Waals surface area contributed by atoms with Crippen LogP contribution < -0.4 is 10.6 Å². The van der Waals surface area contributed by atoms with Crippen LogP contribution in [0.5, 0.6) is 0 Å². The zero-order valence-corrected chi connectivity index (χ0v) is 18.5. The van der Waals surface area contributed by atoms with E-state index in [2.05, 4.69) is 20.6 Å². The van der Waals surface area contributed by atoms with Gasteiger partial charge in [-0.25, -0.2) is 4.98 Å². The molecule has 1 amide bonds. The van der Waals surface area contributed by atoms with Crippen molar-refractivity contribution in [3.05, 3.63) is 89.4 Å². The van der Waals surface area contributed by atoms with Gasteiger partial charge in [-0.15, -0.1) is 0 Å². The SMILES string of the molecule is O=C(Nc1ccc(NCCc2ccccn2)nc1)C1=C(c2ccc(C(F)(F)F)cc2)CCCC1. The van der Waals surface area contributed by atoms with Gasteiger partial charge in [-0.05, 0) is 73.2 Å². The Hall–Kier alpha value is -3.68. The number of hydrogen-bond donors (Lipinski definition) is 2. The lowest BCUT2D eigenvalue weighted by Gasteiger charge is -2.21. The minimum absolute atomic E-state index is 0.243. The minimum atomic E-state index is -4.38. The number of aromatic nitrogens is 2. The van der Waals surface area contributed by atoms with Gasteiger partial charge in [-0.3, -0.25) is 9.78 Å². The van der Waals surface area contributed by atoms with Crippen LogP contribution in [0, 0.1) is 0 Å². The number of carbonyl (C=O) groups is 1. The van der Waals surface area contributed by atoms with E-state index >= 15 is 0 Å². The van der Waals surface area contributed by atoms with Gasteiger partial charge in [0.15, 0.2) is 0 Å². The van der Waals surface area contributed by atoms with Crippen LogP contribution >= 0.6 is 0 Å². The van der Waals surface area contributed by atoms with Gasteiger partial charge in [0.2, 0.25) is 0 Å². The number of allylic oxidation sites excluding steroid dienone is 1. The number of nitrogens with one attached hydrogen (secondary N) is 2. The van der Waals surface area contributed by atoms with Crippen molar-refractivity contribution < 1.29 is 18.0 Å². The molecular formula is C26H25F3N4O. The summed E-state index contributed by atoms with van der Waals surface area (Å²) in [6.07, 6.45) is 2.73. The Kier molecular flexibility index (Phi) is 7.25. The molecule has 4 rings (SSSR count). The second-order valence-electron chi connectivity index (χ2n) is 8.12. The Morgan fingerprint density at radius 3 is 2.41 bits per heavy atom. The van der Waals surface area contributed by atoms with Crippen molar-refractivity contribution in [2.75, 3.05) is 17.2 Å². The molecule has 0 atom stereocenters. The number of amides is 1. The molecule has 0 radical (unpaired) electrons. The maximum Gasteiger partial charge on any atom is 0.416 e. The fourth-order valence-electron chi connectivity index (χ4n) is 3.98. The maximum absolute atomic E-state index is 13.0. The zero-order valence-electron chi connectivity index (χ0n) is 18.5. The summed E-state index contributed by atoms with van der Waals surface area (Å²) in [6.45, 7) is 0.680. The summed E-state index contributed by atoms with van der Waals surface area (Å²) in [4.78, 5) is 21.6. The van der Waals surface area contributed by atoms with Crippen molar-refractivity contribution in [3.63, 3.8) is 0 Å². The van der Waals surface area contributed by atoms with Gasteiger partial charge in [0.25, 0.3) is 5.91 Å². The van der Waals surface area contributed by atoms with Crippen molar-refractivity contribution in [1.82, 2.24) is 9.97 Å². The largest absolute Gasteiger partial charge is 0.416 e. The van der Waals surface area contributed by atoms with E-state index < -0.39 is 11.7 Å². The normalized spacial score (nSPS) is 14.1. The average Bonchev–Trinajstić information content (AvgIpc) is 2.85.